The van der Waals surface area contributed by atoms with Gasteiger partial charge in [-0.2, -0.15) is 0 Å². The molecule has 14 heavy (non-hydrogen) atoms. The Morgan fingerprint density at radius 3 is 2.79 bits per heavy atom. The highest BCUT2D eigenvalue weighted by Gasteiger charge is 2.00. The Bertz CT molecular complexity index is 339. The van der Waals surface area contributed by atoms with E-state index in [0.29, 0.717) is 16.4 Å². The lowest BCUT2D eigenvalue weighted by Crippen LogP contribution is -2.27. The maximum Gasteiger partial charge on any atom is 0.170 e. The highest BCUT2D eigenvalue weighted by atomic mass is 32.1. The summed E-state index contributed by atoms with van der Waals surface area (Å²) in [6.07, 6.45) is 0. The topological polar surface area (TPSA) is 24.1 Å². The molecule has 4 heteroatoms. The van der Waals surface area contributed by atoms with Crippen LogP contribution >= 0.6 is 12.2 Å². The molecule has 2 N–H and O–H groups in total. The van der Waals surface area contributed by atoms with Crippen molar-refractivity contribution in [3.63, 3.8) is 0 Å². The van der Waals surface area contributed by atoms with Crippen molar-refractivity contribution in [2.45, 2.75) is 13.8 Å². The van der Waals surface area contributed by atoms with E-state index in [1.165, 1.54) is 6.07 Å². The van der Waals surface area contributed by atoms with Crippen LogP contribution in [0.4, 0.5) is 10.1 Å². The second kappa shape index (κ2) is 4.91. The van der Waals surface area contributed by atoms with Crippen molar-refractivity contribution >= 4 is 23.0 Å². The van der Waals surface area contributed by atoms with Crippen LogP contribution in [0, 0.1) is 12.7 Å². The molecule has 0 amide bonds. The summed E-state index contributed by atoms with van der Waals surface area (Å²) < 4.78 is 13.1. The van der Waals surface area contributed by atoms with Crippen LogP contribution in [-0.2, 0) is 0 Å². The summed E-state index contributed by atoms with van der Waals surface area (Å²) in [6.45, 7) is 4.42. The lowest BCUT2D eigenvalue weighted by Gasteiger charge is -2.09. The first kappa shape index (κ1) is 10.9. The molecule has 0 aliphatic carbocycles. The van der Waals surface area contributed by atoms with E-state index in [2.05, 4.69) is 10.6 Å². The number of hydrogen-bond acceptors (Lipinski definition) is 1. The van der Waals surface area contributed by atoms with E-state index >= 15 is 0 Å². The second-order valence-corrected chi connectivity index (χ2v) is 3.36. The number of anilines is 1. The number of rotatable bonds is 2. The standard InChI is InChI=1S/C10H13FN2S/c1-3-12-10(14)13-8-5-4-7(2)9(11)6-8/h4-6H,3H2,1-2H3,(H2,12,13,14). The molecule has 2 nitrogen and oxygen atoms in total. The third-order valence-electron chi connectivity index (χ3n) is 1.77. The van der Waals surface area contributed by atoms with Crippen molar-refractivity contribution in [1.82, 2.24) is 5.32 Å². The summed E-state index contributed by atoms with van der Waals surface area (Å²) in [4.78, 5) is 0. The van der Waals surface area contributed by atoms with Gasteiger partial charge in [-0.3, -0.25) is 0 Å². The molecule has 0 atom stereocenters. The zero-order chi connectivity index (χ0) is 10.6. The molecule has 0 radical (unpaired) electrons. The van der Waals surface area contributed by atoms with Crippen LogP contribution in [0.3, 0.4) is 0 Å². The number of aryl methyl sites for hydroxylation is 1. The van der Waals surface area contributed by atoms with Gasteiger partial charge in [-0.1, -0.05) is 6.07 Å². The molecule has 76 valence electrons. The van der Waals surface area contributed by atoms with Crippen molar-refractivity contribution in [3.8, 4) is 0 Å². The van der Waals surface area contributed by atoms with Gasteiger partial charge in [0.1, 0.15) is 5.82 Å². The summed E-state index contributed by atoms with van der Waals surface area (Å²) in [5.41, 5.74) is 1.30. The monoisotopic (exact) mass is 212 g/mol. The number of hydrogen-bond donors (Lipinski definition) is 2. The van der Waals surface area contributed by atoms with Crippen LogP contribution in [0.2, 0.25) is 0 Å². The van der Waals surface area contributed by atoms with Crippen LogP contribution in [0.5, 0.6) is 0 Å². The minimum atomic E-state index is -0.228. The minimum Gasteiger partial charge on any atom is -0.363 e. The Kier molecular flexibility index (Phi) is 3.83. The summed E-state index contributed by atoms with van der Waals surface area (Å²) in [5.74, 6) is -0.228. The van der Waals surface area contributed by atoms with Crippen LogP contribution < -0.4 is 10.6 Å². The quantitative estimate of drug-likeness (QED) is 0.736. The van der Waals surface area contributed by atoms with Crippen LogP contribution in [0.25, 0.3) is 0 Å². The van der Waals surface area contributed by atoms with E-state index in [0.717, 1.165) is 6.54 Å². The molecule has 0 heterocycles. The number of nitrogens with one attached hydrogen (secondary N) is 2. The van der Waals surface area contributed by atoms with E-state index in [-0.39, 0.29) is 5.82 Å². The molecular formula is C10H13FN2S. The van der Waals surface area contributed by atoms with Gasteiger partial charge in [0.2, 0.25) is 0 Å². The molecule has 0 fully saturated rings. The summed E-state index contributed by atoms with van der Waals surface area (Å²) in [7, 11) is 0. The average Bonchev–Trinajstić information content (AvgIpc) is 2.12. The molecule has 1 aromatic rings. The lowest BCUT2D eigenvalue weighted by atomic mass is 10.2. The third-order valence-corrected chi connectivity index (χ3v) is 2.01. The first-order valence-corrected chi connectivity index (χ1v) is 4.85. The fraction of sp³-hybridized carbons (Fsp3) is 0.300. The predicted octanol–water partition coefficient (Wildman–Crippen LogP) is 2.44. The van der Waals surface area contributed by atoms with Crippen molar-refractivity contribution in [3.05, 3.63) is 29.6 Å². The number of halogens is 1. The van der Waals surface area contributed by atoms with Crippen LogP contribution in [0.1, 0.15) is 12.5 Å². The Hall–Kier alpha value is -1.16. The van der Waals surface area contributed by atoms with Crippen molar-refractivity contribution in [1.29, 1.82) is 0 Å². The smallest absolute Gasteiger partial charge is 0.170 e. The molecule has 1 aromatic carbocycles. The van der Waals surface area contributed by atoms with Gasteiger partial charge in [0, 0.05) is 12.2 Å². The van der Waals surface area contributed by atoms with Gasteiger partial charge in [0.15, 0.2) is 5.11 Å². The fourth-order valence-electron chi connectivity index (χ4n) is 1.01. The van der Waals surface area contributed by atoms with Gasteiger partial charge in [-0.15, -0.1) is 0 Å². The maximum atomic E-state index is 13.1. The largest absolute Gasteiger partial charge is 0.363 e. The summed E-state index contributed by atoms with van der Waals surface area (Å²) in [6, 6.07) is 4.94. The number of thiocarbonyl (C=S) groups is 1. The first-order chi connectivity index (χ1) is 6.63. The lowest BCUT2D eigenvalue weighted by molar-refractivity contribution is 0.619. The molecule has 0 aliphatic rings. The first-order valence-electron chi connectivity index (χ1n) is 4.44. The molecule has 0 saturated carbocycles. The molecule has 0 saturated heterocycles. The third kappa shape index (κ3) is 2.96. The molecule has 0 aromatic heterocycles. The second-order valence-electron chi connectivity index (χ2n) is 2.95. The fourth-order valence-corrected chi connectivity index (χ4v) is 1.27. The SMILES string of the molecule is CCNC(=S)Nc1ccc(C)c(F)c1. The van der Waals surface area contributed by atoms with Gasteiger partial charge in [0.25, 0.3) is 0 Å². The molecule has 0 aliphatic heterocycles. The Labute approximate surface area is 88.5 Å². The van der Waals surface area contributed by atoms with E-state index < -0.39 is 0 Å². The van der Waals surface area contributed by atoms with Gasteiger partial charge in [0.05, 0.1) is 0 Å². The highest BCUT2D eigenvalue weighted by Crippen LogP contribution is 2.13. The zero-order valence-electron chi connectivity index (χ0n) is 8.23. The number of benzene rings is 1. The van der Waals surface area contributed by atoms with Crippen molar-refractivity contribution in [2.75, 3.05) is 11.9 Å². The van der Waals surface area contributed by atoms with Crippen LogP contribution in [0.15, 0.2) is 18.2 Å². The van der Waals surface area contributed by atoms with E-state index in [1.807, 2.05) is 6.92 Å². The predicted molar refractivity (Wildman–Crippen MR) is 61.0 cm³/mol. The zero-order valence-corrected chi connectivity index (χ0v) is 9.04. The van der Waals surface area contributed by atoms with E-state index in [9.17, 15) is 4.39 Å². The van der Waals surface area contributed by atoms with Gasteiger partial charge in [-0.05, 0) is 43.8 Å². The normalized spacial score (nSPS) is 9.64. The Balaban J connectivity index is 2.68. The van der Waals surface area contributed by atoms with E-state index in [1.54, 1.807) is 19.1 Å². The summed E-state index contributed by atoms with van der Waals surface area (Å²) in [5, 5.41) is 6.33. The van der Waals surface area contributed by atoms with Crippen molar-refractivity contribution in [2.24, 2.45) is 0 Å². The van der Waals surface area contributed by atoms with Gasteiger partial charge < -0.3 is 10.6 Å². The minimum absolute atomic E-state index is 0.228. The Morgan fingerprint density at radius 2 is 2.21 bits per heavy atom. The molecule has 1 rings (SSSR count). The summed E-state index contributed by atoms with van der Waals surface area (Å²) >= 11 is 4.97. The van der Waals surface area contributed by atoms with Crippen molar-refractivity contribution < 1.29 is 4.39 Å². The average molecular weight is 212 g/mol. The molecule has 0 spiro atoms. The van der Waals surface area contributed by atoms with Gasteiger partial charge in [-0.25, -0.2) is 4.39 Å². The van der Waals surface area contributed by atoms with E-state index in [4.69, 9.17) is 12.2 Å². The van der Waals surface area contributed by atoms with Crippen LogP contribution in [-0.4, -0.2) is 11.7 Å². The molecular weight excluding hydrogens is 199 g/mol. The maximum absolute atomic E-state index is 13.1. The molecule has 0 unspecified atom stereocenters. The van der Waals surface area contributed by atoms with Gasteiger partial charge >= 0.3 is 0 Å². The Morgan fingerprint density at radius 1 is 1.50 bits per heavy atom. The highest BCUT2D eigenvalue weighted by molar-refractivity contribution is 7.80. The molecule has 0 bridgehead atoms.